The molecule has 0 unspecified atom stereocenters. The molecule has 0 aliphatic heterocycles. The van der Waals surface area contributed by atoms with Gasteiger partial charge in [0.05, 0.1) is 11.5 Å². The fourth-order valence-electron chi connectivity index (χ4n) is 1.37. The van der Waals surface area contributed by atoms with Crippen molar-refractivity contribution < 1.29 is 4.92 Å². The number of thiophene rings is 1. The second-order valence-electron chi connectivity index (χ2n) is 3.34. The summed E-state index contributed by atoms with van der Waals surface area (Å²) in [6, 6.07) is 3.96. The molecule has 0 saturated heterocycles. The largest absolute Gasteiger partial charge is 0.378 e. The van der Waals surface area contributed by atoms with Gasteiger partial charge >= 0.3 is 5.69 Å². The van der Waals surface area contributed by atoms with Crippen molar-refractivity contribution in [2.45, 2.75) is 13.5 Å². The average molecular weight is 238 g/mol. The highest BCUT2D eigenvalue weighted by molar-refractivity contribution is 7.11. The fraction of sp³-hybridized carbons (Fsp3) is 0.222. The van der Waals surface area contributed by atoms with E-state index in [1.54, 1.807) is 11.3 Å². The van der Waals surface area contributed by atoms with Crippen LogP contribution in [0.5, 0.6) is 0 Å². The molecule has 0 amide bonds. The molecule has 0 bridgehead atoms. The van der Waals surface area contributed by atoms with Gasteiger partial charge < -0.3 is 5.73 Å². The zero-order valence-corrected chi connectivity index (χ0v) is 9.40. The summed E-state index contributed by atoms with van der Waals surface area (Å²) < 4.78 is 1.43. The van der Waals surface area contributed by atoms with E-state index in [1.165, 1.54) is 15.8 Å². The van der Waals surface area contributed by atoms with Crippen LogP contribution in [0.1, 0.15) is 9.75 Å². The lowest BCUT2D eigenvalue weighted by molar-refractivity contribution is -0.384. The second-order valence-corrected chi connectivity index (χ2v) is 4.71. The lowest BCUT2D eigenvalue weighted by Crippen LogP contribution is -2.05. The molecule has 84 valence electrons. The first-order valence-electron chi connectivity index (χ1n) is 4.59. The number of hydrogen-bond donors (Lipinski definition) is 1. The van der Waals surface area contributed by atoms with Crippen LogP contribution >= 0.6 is 11.3 Å². The maximum absolute atomic E-state index is 10.6. The molecule has 2 aromatic heterocycles. The Balaban J connectivity index is 2.25. The molecule has 6 nitrogen and oxygen atoms in total. The van der Waals surface area contributed by atoms with Crippen LogP contribution in [0.25, 0.3) is 0 Å². The van der Waals surface area contributed by atoms with Gasteiger partial charge in [0.25, 0.3) is 0 Å². The third-order valence-electron chi connectivity index (χ3n) is 2.16. The number of aryl methyl sites for hydroxylation is 1. The van der Waals surface area contributed by atoms with E-state index >= 15 is 0 Å². The first-order valence-corrected chi connectivity index (χ1v) is 5.40. The number of nitro groups is 1. The number of nitrogens with two attached hydrogens (primary N) is 1. The predicted molar refractivity (Wildman–Crippen MR) is 61.5 cm³/mol. The van der Waals surface area contributed by atoms with Crippen molar-refractivity contribution in [3.05, 3.63) is 38.2 Å². The van der Waals surface area contributed by atoms with Crippen LogP contribution in [0.3, 0.4) is 0 Å². The summed E-state index contributed by atoms with van der Waals surface area (Å²) in [6.45, 7) is 2.47. The Kier molecular flexibility index (Phi) is 2.61. The van der Waals surface area contributed by atoms with Gasteiger partial charge in [-0.2, -0.15) is 5.10 Å². The van der Waals surface area contributed by atoms with E-state index in [1.807, 2.05) is 19.1 Å². The van der Waals surface area contributed by atoms with Crippen LogP contribution < -0.4 is 5.73 Å². The van der Waals surface area contributed by atoms with Gasteiger partial charge in [-0.05, 0) is 19.1 Å². The number of anilines is 1. The van der Waals surface area contributed by atoms with Crippen molar-refractivity contribution in [1.29, 1.82) is 0 Å². The van der Waals surface area contributed by atoms with Crippen LogP contribution in [0.4, 0.5) is 11.5 Å². The van der Waals surface area contributed by atoms with Crippen LogP contribution in [0, 0.1) is 17.0 Å². The Hall–Kier alpha value is -1.89. The minimum Gasteiger partial charge on any atom is -0.378 e. The van der Waals surface area contributed by atoms with Crippen LogP contribution in [0.15, 0.2) is 18.3 Å². The van der Waals surface area contributed by atoms with Crippen molar-refractivity contribution >= 4 is 22.8 Å². The van der Waals surface area contributed by atoms with Crippen LogP contribution in [0.2, 0.25) is 0 Å². The predicted octanol–water partition coefficient (Wildman–Crippen LogP) is 1.79. The SMILES string of the molecule is Cc1ccc(Cn2ncc([N+](=O)[O-])c2N)s1. The first kappa shape index (κ1) is 10.6. The highest BCUT2D eigenvalue weighted by Crippen LogP contribution is 2.22. The van der Waals surface area contributed by atoms with Crippen molar-refractivity contribution in [3.8, 4) is 0 Å². The summed E-state index contributed by atoms with van der Waals surface area (Å²) in [5.74, 6) is 0.0936. The molecule has 0 atom stereocenters. The fourth-order valence-corrected chi connectivity index (χ4v) is 2.24. The maximum atomic E-state index is 10.6. The topological polar surface area (TPSA) is 87.0 Å². The molecular formula is C9H10N4O2S. The minimum atomic E-state index is -0.529. The summed E-state index contributed by atoms with van der Waals surface area (Å²) >= 11 is 1.62. The van der Waals surface area contributed by atoms with Crippen LogP contribution in [-0.2, 0) is 6.54 Å². The van der Waals surface area contributed by atoms with E-state index in [4.69, 9.17) is 5.73 Å². The van der Waals surface area contributed by atoms with Crippen molar-refractivity contribution in [1.82, 2.24) is 9.78 Å². The van der Waals surface area contributed by atoms with Gasteiger partial charge in [-0.3, -0.25) is 10.1 Å². The molecule has 16 heavy (non-hydrogen) atoms. The molecule has 2 heterocycles. The molecular weight excluding hydrogens is 228 g/mol. The van der Waals surface area contributed by atoms with Gasteiger partial charge in [-0.25, -0.2) is 4.68 Å². The quantitative estimate of drug-likeness (QED) is 0.652. The second kappa shape index (κ2) is 3.93. The molecule has 2 N–H and O–H groups in total. The third-order valence-corrected chi connectivity index (χ3v) is 3.14. The zero-order valence-electron chi connectivity index (χ0n) is 8.58. The van der Waals surface area contributed by atoms with Gasteiger partial charge in [0.1, 0.15) is 6.20 Å². The minimum absolute atomic E-state index is 0.0936. The molecule has 0 aromatic carbocycles. The number of hydrogen-bond acceptors (Lipinski definition) is 5. The van der Waals surface area contributed by atoms with Crippen molar-refractivity contribution in [3.63, 3.8) is 0 Å². The molecule has 7 heteroatoms. The van der Waals surface area contributed by atoms with E-state index < -0.39 is 4.92 Å². The van der Waals surface area contributed by atoms with E-state index in [0.717, 1.165) is 4.88 Å². The van der Waals surface area contributed by atoms with Gasteiger partial charge in [0, 0.05) is 9.75 Å². The Morgan fingerprint density at radius 2 is 2.38 bits per heavy atom. The van der Waals surface area contributed by atoms with Gasteiger partial charge in [0.15, 0.2) is 0 Å². The van der Waals surface area contributed by atoms with Crippen molar-refractivity contribution in [2.24, 2.45) is 0 Å². The van der Waals surface area contributed by atoms with Gasteiger partial charge in [-0.1, -0.05) is 0 Å². The Morgan fingerprint density at radius 3 is 2.88 bits per heavy atom. The molecule has 0 radical (unpaired) electrons. The molecule has 0 fully saturated rings. The summed E-state index contributed by atoms with van der Waals surface area (Å²) in [4.78, 5) is 12.3. The number of rotatable bonds is 3. The van der Waals surface area contributed by atoms with E-state index in [2.05, 4.69) is 5.10 Å². The lowest BCUT2D eigenvalue weighted by Gasteiger charge is -2.00. The summed E-state index contributed by atoms with van der Waals surface area (Å²) in [5, 5.41) is 14.5. The normalized spacial score (nSPS) is 10.6. The molecule has 0 aliphatic rings. The zero-order chi connectivity index (χ0) is 11.7. The van der Waals surface area contributed by atoms with Crippen LogP contribution in [-0.4, -0.2) is 14.7 Å². The van der Waals surface area contributed by atoms with Gasteiger partial charge in [-0.15, -0.1) is 11.3 Å². The molecule has 0 saturated carbocycles. The van der Waals surface area contributed by atoms with E-state index in [-0.39, 0.29) is 11.5 Å². The lowest BCUT2D eigenvalue weighted by atomic mass is 10.4. The Bertz CT molecular complexity index is 531. The average Bonchev–Trinajstić information content (AvgIpc) is 2.76. The smallest absolute Gasteiger partial charge is 0.330 e. The summed E-state index contributed by atoms with van der Waals surface area (Å²) in [5.41, 5.74) is 5.48. The number of nitrogens with zero attached hydrogens (tertiary/aromatic N) is 3. The number of nitrogen functional groups attached to an aromatic ring is 1. The molecule has 0 aliphatic carbocycles. The Morgan fingerprint density at radius 1 is 1.62 bits per heavy atom. The Labute approximate surface area is 95.5 Å². The monoisotopic (exact) mass is 238 g/mol. The highest BCUT2D eigenvalue weighted by atomic mass is 32.1. The van der Waals surface area contributed by atoms with Gasteiger partial charge in [0.2, 0.25) is 5.82 Å². The maximum Gasteiger partial charge on any atom is 0.330 e. The molecule has 2 rings (SSSR count). The standard InChI is InChI=1S/C9H10N4O2S/c1-6-2-3-7(16-6)5-12-9(10)8(4-11-12)13(14)15/h2-4H,5,10H2,1H3. The van der Waals surface area contributed by atoms with Crippen molar-refractivity contribution in [2.75, 3.05) is 5.73 Å². The molecule has 0 spiro atoms. The summed E-state index contributed by atoms with van der Waals surface area (Å²) in [6.07, 6.45) is 1.18. The number of aromatic nitrogens is 2. The highest BCUT2D eigenvalue weighted by Gasteiger charge is 2.17. The van der Waals surface area contributed by atoms with E-state index in [9.17, 15) is 10.1 Å². The summed E-state index contributed by atoms with van der Waals surface area (Å²) in [7, 11) is 0. The third kappa shape index (κ3) is 1.89. The first-order chi connectivity index (χ1) is 7.58. The van der Waals surface area contributed by atoms with E-state index in [0.29, 0.717) is 6.54 Å². The molecule has 2 aromatic rings.